The van der Waals surface area contributed by atoms with Gasteiger partial charge in [-0.15, -0.1) is 35.3 Å². The molecule has 2 N–H and O–H groups in total. The molecule has 0 aliphatic carbocycles. The van der Waals surface area contributed by atoms with Crippen molar-refractivity contribution in [3.63, 3.8) is 0 Å². The summed E-state index contributed by atoms with van der Waals surface area (Å²) in [4.78, 5) is 9.58. The molecule has 2 aromatic rings. The van der Waals surface area contributed by atoms with Gasteiger partial charge in [0.1, 0.15) is 0 Å². The van der Waals surface area contributed by atoms with Crippen LogP contribution in [0.5, 0.6) is 0 Å². The molecule has 2 aromatic heterocycles. The van der Waals surface area contributed by atoms with E-state index in [1.54, 1.807) is 0 Å². The predicted octanol–water partition coefficient (Wildman–Crippen LogP) is 2.69. The Morgan fingerprint density at radius 1 is 1.38 bits per heavy atom. The Balaban J connectivity index is 0.00000208. The van der Waals surface area contributed by atoms with Crippen LogP contribution in [0.3, 0.4) is 0 Å². The summed E-state index contributed by atoms with van der Waals surface area (Å²) in [6.07, 6.45) is 1.86. The molecule has 1 saturated heterocycles. The molecule has 1 aliphatic rings. The van der Waals surface area contributed by atoms with Crippen molar-refractivity contribution in [1.82, 2.24) is 20.4 Å². The fraction of sp³-hybridized carbons (Fsp3) is 0.500. The second kappa shape index (κ2) is 9.26. The van der Waals surface area contributed by atoms with E-state index in [4.69, 9.17) is 4.99 Å². The fourth-order valence-corrected chi connectivity index (χ4v) is 3.49. The predicted molar refractivity (Wildman–Crippen MR) is 112 cm³/mol. The lowest BCUT2D eigenvalue weighted by atomic mass is 10.3. The lowest BCUT2D eigenvalue weighted by Crippen LogP contribution is -2.52. The maximum Gasteiger partial charge on any atom is 0.194 e. The van der Waals surface area contributed by atoms with E-state index < -0.39 is 0 Å². The molecule has 0 radical (unpaired) electrons. The normalized spacial score (nSPS) is 15.3. The van der Waals surface area contributed by atoms with Gasteiger partial charge in [-0.1, -0.05) is 0 Å². The number of halogens is 1. The van der Waals surface area contributed by atoms with Gasteiger partial charge in [0.15, 0.2) is 5.96 Å². The van der Waals surface area contributed by atoms with E-state index >= 15 is 0 Å². The first-order valence-electron chi connectivity index (χ1n) is 8.08. The van der Waals surface area contributed by atoms with Gasteiger partial charge in [-0.25, -0.2) is 4.99 Å². The van der Waals surface area contributed by atoms with E-state index in [0.29, 0.717) is 6.54 Å². The van der Waals surface area contributed by atoms with Crippen molar-refractivity contribution in [1.29, 1.82) is 0 Å². The first-order valence-corrected chi connectivity index (χ1v) is 8.96. The van der Waals surface area contributed by atoms with Crippen molar-refractivity contribution in [3.05, 3.63) is 35.0 Å². The van der Waals surface area contributed by atoms with Crippen molar-refractivity contribution in [2.45, 2.75) is 20.4 Å². The van der Waals surface area contributed by atoms with Gasteiger partial charge < -0.3 is 15.1 Å². The highest BCUT2D eigenvalue weighted by Crippen LogP contribution is 2.22. The van der Waals surface area contributed by atoms with Gasteiger partial charge in [0.25, 0.3) is 0 Å². The Hall–Kier alpha value is -1.29. The number of rotatable bonds is 4. The SMILES string of the molecule is CCNC(=NCc1cn[nH]c1C)N1CCN(c2cccs2)CC1.I. The summed E-state index contributed by atoms with van der Waals surface area (Å²) in [5.41, 5.74) is 2.24. The van der Waals surface area contributed by atoms with Crippen LogP contribution in [0.2, 0.25) is 0 Å². The lowest BCUT2D eigenvalue weighted by molar-refractivity contribution is 0.373. The lowest BCUT2D eigenvalue weighted by Gasteiger charge is -2.37. The molecule has 3 heterocycles. The Morgan fingerprint density at radius 2 is 2.17 bits per heavy atom. The molecule has 3 rings (SSSR count). The van der Waals surface area contributed by atoms with Crippen LogP contribution in [0, 0.1) is 6.92 Å². The van der Waals surface area contributed by atoms with Crippen molar-refractivity contribution in [2.75, 3.05) is 37.6 Å². The van der Waals surface area contributed by atoms with Crippen LogP contribution in [0.1, 0.15) is 18.2 Å². The van der Waals surface area contributed by atoms with Crippen molar-refractivity contribution in [3.8, 4) is 0 Å². The van der Waals surface area contributed by atoms with Gasteiger partial charge in [-0.2, -0.15) is 5.10 Å². The first kappa shape index (κ1) is 19.0. The number of aromatic nitrogens is 2. The Bertz CT molecular complexity index is 631. The fourth-order valence-electron chi connectivity index (χ4n) is 2.71. The van der Waals surface area contributed by atoms with E-state index in [2.05, 4.69) is 49.8 Å². The van der Waals surface area contributed by atoms with Crippen LogP contribution in [-0.2, 0) is 6.54 Å². The monoisotopic (exact) mass is 460 g/mol. The van der Waals surface area contributed by atoms with Gasteiger partial charge in [0.05, 0.1) is 17.7 Å². The zero-order chi connectivity index (χ0) is 16.1. The minimum Gasteiger partial charge on any atom is -0.360 e. The van der Waals surface area contributed by atoms with Crippen LogP contribution in [0.15, 0.2) is 28.7 Å². The molecule has 0 bridgehead atoms. The Kier molecular flexibility index (Phi) is 7.35. The van der Waals surface area contributed by atoms with Gasteiger partial charge in [-0.05, 0) is 31.4 Å². The van der Waals surface area contributed by atoms with Crippen molar-refractivity contribution >= 4 is 46.3 Å². The molecule has 6 nitrogen and oxygen atoms in total. The summed E-state index contributed by atoms with van der Waals surface area (Å²) in [6.45, 7) is 9.75. The number of aryl methyl sites for hydroxylation is 1. The molecule has 0 spiro atoms. The van der Waals surface area contributed by atoms with Crippen LogP contribution >= 0.6 is 35.3 Å². The highest BCUT2D eigenvalue weighted by Gasteiger charge is 2.20. The molecule has 8 heteroatoms. The van der Waals surface area contributed by atoms with E-state index in [-0.39, 0.29) is 24.0 Å². The van der Waals surface area contributed by atoms with Crippen LogP contribution in [0.4, 0.5) is 5.00 Å². The standard InChI is InChI=1S/C16H24N6S.HI/c1-3-17-16(18-11-14-12-19-20-13(14)2)22-8-6-21(7-9-22)15-5-4-10-23-15;/h4-5,10,12H,3,6-9,11H2,1-2H3,(H,17,18)(H,19,20);1H. The maximum absolute atomic E-state index is 4.78. The molecule has 24 heavy (non-hydrogen) atoms. The van der Waals surface area contributed by atoms with Gasteiger partial charge >= 0.3 is 0 Å². The summed E-state index contributed by atoms with van der Waals surface area (Å²) in [5, 5.41) is 13.9. The zero-order valence-corrected chi connectivity index (χ0v) is 17.3. The number of guanidine groups is 1. The molecule has 0 atom stereocenters. The third kappa shape index (κ3) is 4.62. The molecule has 0 saturated carbocycles. The van der Waals surface area contributed by atoms with Crippen LogP contribution < -0.4 is 10.2 Å². The van der Waals surface area contributed by atoms with E-state index in [1.807, 2.05) is 24.5 Å². The van der Waals surface area contributed by atoms with Gasteiger partial charge in [-0.3, -0.25) is 5.10 Å². The number of nitrogens with zero attached hydrogens (tertiary/aromatic N) is 4. The molecule has 1 aliphatic heterocycles. The molecule has 1 fully saturated rings. The minimum atomic E-state index is 0. The Labute approximate surface area is 164 Å². The van der Waals surface area contributed by atoms with Crippen LogP contribution in [-0.4, -0.2) is 53.8 Å². The maximum atomic E-state index is 4.78. The summed E-state index contributed by atoms with van der Waals surface area (Å²) < 4.78 is 0. The van der Waals surface area contributed by atoms with Crippen molar-refractivity contribution in [2.24, 2.45) is 4.99 Å². The number of piperazine rings is 1. The molecule has 0 aromatic carbocycles. The van der Waals surface area contributed by atoms with Gasteiger partial charge in [0.2, 0.25) is 0 Å². The second-order valence-electron chi connectivity index (χ2n) is 5.62. The molecule has 0 unspecified atom stereocenters. The third-order valence-electron chi connectivity index (χ3n) is 4.07. The third-order valence-corrected chi connectivity index (χ3v) is 4.99. The minimum absolute atomic E-state index is 0. The number of hydrogen-bond donors (Lipinski definition) is 2. The summed E-state index contributed by atoms with van der Waals surface area (Å²) >= 11 is 1.81. The second-order valence-corrected chi connectivity index (χ2v) is 6.54. The summed E-state index contributed by atoms with van der Waals surface area (Å²) in [5.74, 6) is 0.999. The number of hydrogen-bond acceptors (Lipinski definition) is 4. The number of thiophene rings is 1. The number of nitrogens with one attached hydrogen (secondary N) is 2. The number of aromatic amines is 1. The molecular formula is C16H25IN6S. The topological polar surface area (TPSA) is 59.6 Å². The molecular weight excluding hydrogens is 435 g/mol. The molecule has 0 amide bonds. The highest BCUT2D eigenvalue weighted by atomic mass is 127. The van der Waals surface area contributed by atoms with E-state index in [1.165, 1.54) is 5.00 Å². The average molecular weight is 460 g/mol. The smallest absolute Gasteiger partial charge is 0.194 e. The average Bonchev–Trinajstić information content (AvgIpc) is 3.24. The quantitative estimate of drug-likeness (QED) is 0.419. The zero-order valence-electron chi connectivity index (χ0n) is 14.2. The van der Waals surface area contributed by atoms with E-state index in [9.17, 15) is 0 Å². The number of H-pyrrole nitrogens is 1. The van der Waals surface area contributed by atoms with Gasteiger partial charge in [0, 0.05) is 44.0 Å². The van der Waals surface area contributed by atoms with E-state index in [0.717, 1.165) is 49.9 Å². The number of aliphatic imine (C=N–C) groups is 1. The van der Waals surface area contributed by atoms with Crippen molar-refractivity contribution < 1.29 is 0 Å². The first-order chi connectivity index (χ1) is 11.3. The highest BCUT2D eigenvalue weighted by molar-refractivity contribution is 14.0. The summed E-state index contributed by atoms with van der Waals surface area (Å²) in [7, 11) is 0. The van der Waals surface area contributed by atoms with Crippen LogP contribution in [0.25, 0.3) is 0 Å². The molecule has 132 valence electrons. The Morgan fingerprint density at radius 3 is 2.75 bits per heavy atom. The number of anilines is 1. The summed E-state index contributed by atoms with van der Waals surface area (Å²) in [6, 6.07) is 4.31. The largest absolute Gasteiger partial charge is 0.360 e.